The van der Waals surface area contributed by atoms with Crippen LogP contribution in [-0.2, 0) is 0 Å². The highest BCUT2D eigenvalue weighted by Gasteiger charge is 2.13. The van der Waals surface area contributed by atoms with Crippen molar-refractivity contribution in [3.63, 3.8) is 0 Å². The predicted molar refractivity (Wildman–Crippen MR) is 120 cm³/mol. The number of nitrogens with one attached hydrogen (secondary N) is 2. The number of halogens is 1. The Kier molecular flexibility index (Phi) is 7.04. The number of rotatable bonds is 8. The molecule has 156 valence electrons. The lowest BCUT2D eigenvalue weighted by Crippen LogP contribution is -2.16. The standard InChI is InChI=1S/C22H18ClN5O3/c1-3-9-31-19-11-17(23)15(10-18(19)30-2)13-25-28-22-26-20(14-7-5-4-6-8-14)16(12-24)21(29)27-22/h3-8,10-11,13H,1,9H2,2H3,(H2,26,27,28,29). The number of hydrogen-bond acceptors (Lipinski definition) is 7. The average molecular weight is 436 g/mol. The molecule has 0 spiro atoms. The minimum absolute atomic E-state index is 0.0770. The van der Waals surface area contributed by atoms with Gasteiger partial charge in [-0.15, -0.1) is 0 Å². The van der Waals surface area contributed by atoms with Gasteiger partial charge >= 0.3 is 0 Å². The molecule has 0 saturated carbocycles. The van der Waals surface area contributed by atoms with Crippen LogP contribution in [0.25, 0.3) is 11.3 Å². The summed E-state index contributed by atoms with van der Waals surface area (Å²) in [5.74, 6) is 1.03. The molecule has 3 aromatic rings. The van der Waals surface area contributed by atoms with Gasteiger partial charge in [-0.3, -0.25) is 9.78 Å². The summed E-state index contributed by atoms with van der Waals surface area (Å²) in [6, 6.07) is 14.1. The summed E-state index contributed by atoms with van der Waals surface area (Å²) in [6.07, 6.45) is 3.06. The largest absolute Gasteiger partial charge is 0.493 e. The lowest BCUT2D eigenvalue weighted by atomic mass is 10.1. The fourth-order valence-electron chi connectivity index (χ4n) is 2.67. The van der Waals surface area contributed by atoms with Crippen molar-refractivity contribution in [3.8, 4) is 28.8 Å². The van der Waals surface area contributed by atoms with E-state index < -0.39 is 5.56 Å². The molecule has 0 aliphatic carbocycles. The van der Waals surface area contributed by atoms with E-state index in [0.717, 1.165) is 0 Å². The number of H-pyrrole nitrogens is 1. The molecule has 1 aromatic heterocycles. The predicted octanol–water partition coefficient (Wildman–Crippen LogP) is 3.98. The van der Waals surface area contributed by atoms with Crippen LogP contribution in [-0.4, -0.2) is 29.9 Å². The number of benzene rings is 2. The number of ether oxygens (including phenoxy) is 2. The first-order valence-electron chi connectivity index (χ1n) is 9.07. The van der Waals surface area contributed by atoms with Crippen molar-refractivity contribution >= 4 is 23.8 Å². The van der Waals surface area contributed by atoms with Crippen LogP contribution in [0, 0.1) is 11.3 Å². The Bertz CT molecular complexity index is 1220. The van der Waals surface area contributed by atoms with Crippen molar-refractivity contribution in [3.05, 3.63) is 81.6 Å². The Labute approximate surface area is 183 Å². The molecular formula is C22H18ClN5O3. The smallest absolute Gasteiger partial charge is 0.270 e. The van der Waals surface area contributed by atoms with Gasteiger partial charge in [-0.25, -0.2) is 10.4 Å². The third-order valence-corrected chi connectivity index (χ3v) is 4.42. The number of nitrogens with zero attached hydrogens (tertiary/aromatic N) is 3. The minimum Gasteiger partial charge on any atom is -0.493 e. The van der Waals surface area contributed by atoms with Crippen molar-refractivity contribution in [2.24, 2.45) is 5.10 Å². The van der Waals surface area contributed by atoms with Crippen LogP contribution in [0.1, 0.15) is 11.1 Å². The van der Waals surface area contributed by atoms with Crippen LogP contribution >= 0.6 is 11.6 Å². The zero-order chi connectivity index (χ0) is 22.2. The summed E-state index contributed by atoms with van der Waals surface area (Å²) in [7, 11) is 1.51. The van der Waals surface area contributed by atoms with Gasteiger partial charge in [-0.2, -0.15) is 10.4 Å². The molecule has 31 heavy (non-hydrogen) atoms. The normalized spacial score (nSPS) is 10.5. The van der Waals surface area contributed by atoms with Crippen molar-refractivity contribution in [2.45, 2.75) is 0 Å². The summed E-state index contributed by atoms with van der Waals surface area (Å²) < 4.78 is 10.8. The van der Waals surface area contributed by atoms with Crippen molar-refractivity contribution < 1.29 is 9.47 Å². The maximum atomic E-state index is 12.3. The van der Waals surface area contributed by atoms with Crippen LogP contribution in [0.3, 0.4) is 0 Å². The third kappa shape index (κ3) is 5.10. The van der Waals surface area contributed by atoms with Gasteiger partial charge in [0.15, 0.2) is 11.5 Å². The van der Waals surface area contributed by atoms with E-state index in [9.17, 15) is 10.1 Å². The van der Waals surface area contributed by atoms with E-state index >= 15 is 0 Å². The molecule has 0 aliphatic rings. The topological polar surface area (TPSA) is 112 Å². The summed E-state index contributed by atoms with van der Waals surface area (Å²) in [6.45, 7) is 3.91. The van der Waals surface area contributed by atoms with E-state index in [-0.39, 0.29) is 17.2 Å². The highest BCUT2D eigenvalue weighted by atomic mass is 35.5. The number of anilines is 1. The van der Waals surface area contributed by atoms with Crippen molar-refractivity contribution in [1.82, 2.24) is 9.97 Å². The van der Waals surface area contributed by atoms with E-state index in [0.29, 0.717) is 34.3 Å². The van der Waals surface area contributed by atoms with E-state index in [1.54, 1.807) is 42.5 Å². The van der Waals surface area contributed by atoms with Gasteiger partial charge in [0.05, 0.1) is 24.0 Å². The SMILES string of the molecule is C=CCOc1cc(Cl)c(C=NNc2nc(-c3ccccc3)c(C#N)c(=O)[nH]2)cc1OC. The second-order valence-corrected chi connectivity index (χ2v) is 6.52. The monoisotopic (exact) mass is 435 g/mol. The summed E-state index contributed by atoms with van der Waals surface area (Å²) in [4.78, 5) is 19.1. The van der Waals surface area contributed by atoms with Crippen molar-refractivity contribution in [2.75, 3.05) is 19.1 Å². The number of methoxy groups -OCH3 is 1. The van der Waals surface area contributed by atoms with Crippen LogP contribution < -0.4 is 20.5 Å². The minimum atomic E-state index is -0.572. The molecule has 2 aromatic carbocycles. The zero-order valence-corrected chi connectivity index (χ0v) is 17.3. The maximum Gasteiger partial charge on any atom is 0.270 e. The third-order valence-electron chi connectivity index (χ3n) is 4.09. The van der Waals surface area contributed by atoms with Crippen LogP contribution in [0.4, 0.5) is 5.95 Å². The van der Waals surface area contributed by atoms with E-state index in [4.69, 9.17) is 21.1 Å². The van der Waals surface area contributed by atoms with Crippen molar-refractivity contribution in [1.29, 1.82) is 5.26 Å². The Morgan fingerprint density at radius 2 is 2.10 bits per heavy atom. The van der Waals surface area contributed by atoms with E-state index in [2.05, 4.69) is 27.1 Å². The molecular weight excluding hydrogens is 418 g/mol. The van der Waals surface area contributed by atoms with Crippen LogP contribution in [0.15, 0.2) is 65.0 Å². The molecule has 0 saturated heterocycles. The first-order valence-corrected chi connectivity index (χ1v) is 9.45. The van der Waals surface area contributed by atoms with Gasteiger partial charge in [0.2, 0.25) is 5.95 Å². The van der Waals surface area contributed by atoms with Gasteiger partial charge in [0.25, 0.3) is 5.56 Å². The van der Waals surface area contributed by atoms with Gasteiger partial charge in [-0.1, -0.05) is 54.6 Å². The first kappa shape index (κ1) is 21.6. The Balaban J connectivity index is 1.88. The second-order valence-electron chi connectivity index (χ2n) is 6.11. The van der Waals surface area contributed by atoms with Crippen LogP contribution in [0.2, 0.25) is 5.02 Å². The number of hydrogen-bond donors (Lipinski definition) is 2. The molecule has 2 N–H and O–H groups in total. The number of aromatic amines is 1. The highest BCUT2D eigenvalue weighted by Crippen LogP contribution is 2.32. The Hall–Kier alpha value is -4.09. The molecule has 0 radical (unpaired) electrons. The zero-order valence-electron chi connectivity index (χ0n) is 16.6. The second kappa shape index (κ2) is 10.1. The Morgan fingerprint density at radius 3 is 2.77 bits per heavy atom. The molecule has 8 nitrogen and oxygen atoms in total. The van der Waals surface area contributed by atoms with E-state index in [1.165, 1.54) is 13.3 Å². The lowest BCUT2D eigenvalue weighted by Gasteiger charge is -2.11. The number of nitriles is 1. The average Bonchev–Trinajstić information content (AvgIpc) is 2.79. The molecule has 0 unspecified atom stereocenters. The van der Waals surface area contributed by atoms with Gasteiger partial charge in [0.1, 0.15) is 18.2 Å². The van der Waals surface area contributed by atoms with Gasteiger partial charge < -0.3 is 9.47 Å². The highest BCUT2D eigenvalue weighted by molar-refractivity contribution is 6.33. The maximum absolute atomic E-state index is 12.3. The molecule has 0 amide bonds. The van der Waals surface area contributed by atoms with E-state index in [1.807, 2.05) is 12.1 Å². The molecule has 0 aliphatic heterocycles. The molecule has 1 heterocycles. The lowest BCUT2D eigenvalue weighted by molar-refractivity contribution is 0.326. The fourth-order valence-corrected chi connectivity index (χ4v) is 2.87. The summed E-state index contributed by atoms with van der Waals surface area (Å²) in [5, 5.41) is 13.8. The molecule has 9 heteroatoms. The summed E-state index contributed by atoms with van der Waals surface area (Å²) in [5.41, 5.74) is 3.46. The first-order chi connectivity index (χ1) is 15.1. The van der Waals surface area contributed by atoms with Gasteiger partial charge in [0, 0.05) is 17.2 Å². The van der Waals surface area contributed by atoms with Crippen LogP contribution in [0.5, 0.6) is 11.5 Å². The molecule has 0 fully saturated rings. The Morgan fingerprint density at radius 1 is 1.32 bits per heavy atom. The summed E-state index contributed by atoms with van der Waals surface area (Å²) >= 11 is 6.30. The number of aromatic nitrogens is 2. The quantitative estimate of drug-likeness (QED) is 0.314. The molecule has 0 atom stereocenters. The number of hydrazone groups is 1. The van der Waals surface area contributed by atoms with Gasteiger partial charge in [-0.05, 0) is 6.07 Å². The fraction of sp³-hybridized carbons (Fsp3) is 0.0909. The molecule has 3 rings (SSSR count). The molecule has 0 bridgehead atoms.